The van der Waals surface area contributed by atoms with Crippen LogP contribution in [0.3, 0.4) is 0 Å². The minimum Gasteiger partial charge on any atom is -0.466 e. The monoisotopic (exact) mass is 182 g/mol. The summed E-state index contributed by atoms with van der Waals surface area (Å²) in [5.74, 6) is 5.19. The van der Waals surface area contributed by atoms with E-state index in [1.807, 2.05) is 6.92 Å². The van der Waals surface area contributed by atoms with Crippen LogP contribution in [0.4, 0.5) is 0 Å². The molecule has 0 fully saturated rings. The van der Waals surface area contributed by atoms with E-state index < -0.39 is 5.97 Å². The van der Waals surface area contributed by atoms with Crippen molar-refractivity contribution in [1.82, 2.24) is 0 Å². The van der Waals surface area contributed by atoms with E-state index in [1.54, 1.807) is 0 Å². The third kappa shape index (κ3) is 5.94. The number of carbonyl (C=O) groups is 1. The average molecular weight is 182 g/mol. The van der Waals surface area contributed by atoms with Crippen LogP contribution in [-0.4, -0.2) is 26.3 Å². The van der Waals surface area contributed by atoms with Gasteiger partial charge >= 0.3 is 5.97 Å². The Bertz CT molecular complexity index is 232. The van der Waals surface area contributed by atoms with Gasteiger partial charge in [0.2, 0.25) is 0 Å². The molecule has 0 saturated carbocycles. The summed E-state index contributed by atoms with van der Waals surface area (Å²) in [4.78, 5) is 10.8. The molecule has 13 heavy (non-hydrogen) atoms. The maximum atomic E-state index is 10.8. The highest BCUT2D eigenvalue weighted by atomic mass is 16.5. The molecule has 0 unspecified atom stereocenters. The second-order valence-electron chi connectivity index (χ2n) is 2.30. The number of ether oxygens (including phenoxy) is 2. The van der Waals surface area contributed by atoms with Crippen molar-refractivity contribution in [3.63, 3.8) is 0 Å². The number of esters is 1. The fourth-order valence-electron chi connectivity index (χ4n) is 0.605. The van der Waals surface area contributed by atoms with Gasteiger partial charge < -0.3 is 9.47 Å². The Kier molecular flexibility index (Phi) is 6.66. The third-order valence-electron chi connectivity index (χ3n) is 1.23. The predicted molar refractivity (Wildman–Crippen MR) is 50.0 cm³/mol. The van der Waals surface area contributed by atoms with E-state index >= 15 is 0 Å². The number of hydrogen-bond donors (Lipinski definition) is 0. The van der Waals surface area contributed by atoms with Crippen LogP contribution in [-0.2, 0) is 14.3 Å². The van der Waals surface area contributed by atoms with E-state index in [4.69, 9.17) is 4.74 Å². The van der Waals surface area contributed by atoms with Crippen molar-refractivity contribution in [2.24, 2.45) is 0 Å². The highest BCUT2D eigenvalue weighted by Crippen LogP contribution is 1.93. The van der Waals surface area contributed by atoms with Gasteiger partial charge in [0.05, 0.1) is 19.3 Å². The van der Waals surface area contributed by atoms with Crippen molar-refractivity contribution in [3.8, 4) is 11.8 Å². The molecular weight excluding hydrogens is 168 g/mol. The van der Waals surface area contributed by atoms with Gasteiger partial charge in [-0.2, -0.15) is 0 Å². The lowest BCUT2D eigenvalue weighted by atomic mass is 10.3. The van der Waals surface area contributed by atoms with Gasteiger partial charge in [-0.25, -0.2) is 4.79 Å². The Labute approximate surface area is 78.7 Å². The molecule has 0 bridgehead atoms. The fraction of sp³-hybridized carbons (Fsp3) is 0.500. The van der Waals surface area contributed by atoms with Crippen LogP contribution < -0.4 is 0 Å². The van der Waals surface area contributed by atoms with Crippen LogP contribution in [0.25, 0.3) is 0 Å². The molecule has 0 saturated heterocycles. The summed E-state index contributed by atoms with van der Waals surface area (Å²) in [5, 5.41) is 0. The zero-order chi connectivity index (χ0) is 10.1. The van der Waals surface area contributed by atoms with Gasteiger partial charge in [0.25, 0.3) is 0 Å². The van der Waals surface area contributed by atoms with Gasteiger partial charge in [-0.3, -0.25) is 0 Å². The van der Waals surface area contributed by atoms with E-state index in [9.17, 15) is 4.79 Å². The van der Waals surface area contributed by atoms with E-state index in [0.717, 1.165) is 6.42 Å². The second-order valence-corrected chi connectivity index (χ2v) is 2.30. The lowest BCUT2D eigenvalue weighted by Gasteiger charge is -2.01. The van der Waals surface area contributed by atoms with E-state index in [1.165, 1.54) is 7.11 Å². The summed E-state index contributed by atoms with van der Waals surface area (Å²) >= 11 is 0. The Hall–Kier alpha value is -1.27. The first-order chi connectivity index (χ1) is 6.22. The lowest BCUT2D eigenvalue weighted by Crippen LogP contribution is -2.09. The van der Waals surface area contributed by atoms with E-state index in [0.29, 0.717) is 12.2 Å². The summed E-state index contributed by atoms with van der Waals surface area (Å²) in [7, 11) is 1.31. The van der Waals surface area contributed by atoms with E-state index in [2.05, 4.69) is 23.2 Å². The molecule has 0 aromatic rings. The average Bonchev–Trinajstić information content (AvgIpc) is 2.16. The molecule has 0 rings (SSSR count). The first-order valence-corrected chi connectivity index (χ1v) is 4.02. The topological polar surface area (TPSA) is 35.5 Å². The number of rotatable bonds is 4. The summed E-state index contributed by atoms with van der Waals surface area (Å²) in [6.07, 6.45) is 0.807. The van der Waals surface area contributed by atoms with Crippen molar-refractivity contribution >= 4 is 5.97 Å². The first kappa shape index (κ1) is 11.7. The molecule has 3 nitrogen and oxygen atoms in total. The summed E-state index contributed by atoms with van der Waals surface area (Å²) in [6.45, 7) is 5.95. The zero-order valence-electron chi connectivity index (χ0n) is 8.05. The molecular formula is C10H14O3. The smallest absolute Gasteiger partial charge is 0.335 e. The molecule has 0 aromatic carbocycles. The second kappa shape index (κ2) is 7.38. The van der Waals surface area contributed by atoms with Crippen molar-refractivity contribution in [2.75, 3.05) is 20.3 Å². The zero-order valence-corrected chi connectivity index (χ0v) is 8.05. The predicted octanol–water partition coefficient (Wildman–Crippen LogP) is 1.15. The Morgan fingerprint density at radius 1 is 1.46 bits per heavy atom. The van der Waals surface area contributed by atoms with Gasteiger partial charge in [0.1, 0.15) is 6.61 Å². The number of carbonyl (C=O) groups excluding carboxylic acids is 1. The van der Waals surface area contributed by atoms with Gasteiger partial charge in [-0.05, 0) is 0 Å². The van der Waals surface area contributed by atoms with Crippen molar-refractivity contribution in [3.05, 3.63) is 12.2 Å². The Morgan fingerprint density at radius 2 is 2.15 bits per heavy atom. The Morgan fingerprint density at radius 3 is 2.69 bits per heavy atom. The van der Waals surface area contributed by atoms with Crippen molar-refractivity contribution in [2.45, 2.75) is 13.3 Å². The Balaban J connectivity index is 3.54. The quantitative estimate of drug-likeness (QED) is 0.283. The van der Waals surface area contributed by atoms with Gasteiger partial charge in [-0.15, -0.1) is 5.92 Å². The first-order valence-electron chi connectivity index (χ1n) is 4.02. The van der Waals surface area contributed by atoms with Crippen molar-refractivity contribution < 1.29 is 14.3 Å². The molecule has 0 aliphatic carbocycles. The minimum absolute atomic E-state index is 0.172. The SMILES string of the molecule is C=C(COCC#CCC)C(=O)OC. The van der Waals surface area contributed by atoms with E-state index in [-0.39, 0.29) is 6.61 Å². The van der Waals surface area contributed by atoms with Crippen LogP contribution in [0.1, 0.15) is 13.3 Å². The van der Waals surface area contributed by atoms with Gasteiger partial charge in [0, 0.05) is 6.42 Å². The molecule has 0 spiro atoms. The van der Waals surface area contributed by atoms with Crippen LogP contribution in [0.2, 0.25) is 0 Å². The standard InChI is InChI=1S/C10H14O3/c1-4-5-6-7-13-8-9(2)10(11)12-3/h2,4,7-8H2,1,3H3. The minimum atomic E-state index is -0.441. The molecule has 0 N–H and O–H groups in total. The molecule has 0 aliphatic rings. The summed E-state index contributed by atoms with van der Waals surface area (Å²) in [6, 6.07) is 0. The van der Waals surface area contributed by atoms with Crippen LogP contribution in [0.5, 0.6) is 0 Å². The third-order valence-corrected chi connectivity index (χ3v) is 1.23. The molecule has 0 aromatic heterocycles. The van der Waals surface area contributed by atoms with Crippen molar-refractivity contribution in [1.29, 1.82) is 0 Å². The highest BCUT2D eigenvalue weighted by molar-refractivity contribution is 5.87. The van der Waals surface area contributed by atoms with Crippen LogP contribution in [0, 0.1) is 11.8 Å². The molecule has 0 amide bonds. The van der Waals surface area contributed by atoms with Gasteiger partial charge in [0.15, 0.2) is 0 Å². The van der Waals surface area contributed by atoms with Crippen LogP contribution in [0.15, 0.2) is 12.2 Å². The molecule has 0 atom stereocenters. The largest absolute Gasteiger partial charge is 0.466 e. The maximum Gasteiger partial charge on any atom is 0.335 e. The summed E-state index contributed by atoms with van der Waals surface area (Å²) < 4.78 is 9.48. The number of hydrogen-bond acceptors (Lipinski definition) is 3. The maximum absolute atomic E-state index is 10.8. The van der Waals surface area contributed by atoms with Gasteiger partial charge in [-0.1, -0.05) is 19.4 Å². The normalized spacial score (nSPS) is 8.46. The molecule has 3 heteroatoms. The lowest BCUT2D eigenvalue weighted by molar-refractivity contribution is -0.136. The summed E-state index contributed by atoms with van der Waals surface area (Å²) in [5.41, 5.74) is 0.306. The highest BCUT2D eigenvalue weighted by Gasteiger charge is 2.04. The van der Waals surface area contributed by atoms with Crippen LogP contribution >= 0.6 is 0 Å². The molecule has 0 aliphatic heterocycles. The molecule has 72 valence electrons. The molecule has 0 radical (unpaired) electrons. The molecule has 0 heterocycles. The number of methoxy groups -OCH3 is 1. The fourth-order valence-corrected chi connectivity index (χ4v) is 0.605.